The maximum absolute atomic E-state index is 13.1. The molecule has 0 radical (unpaired) electrons. The van der Waals surface area contributed by atoms with Crippen molar-refractivity contribution in [2.75, 3.05) is 18.4 Å². The van der Waals surface area contributed by atoms with Gasteiger partial charge in [0.2, 0.25) is 15.9 Å². The van der Waals surface area contributed by atoms with Gasteiger partial charge in [-0.3, -0.25) is 4.79 Å². The first-order valence-corrected chi connectivity index (χ1v) is 12.7. The van der Waals surface area contributed by atoms with Crippen LogP contribution in [0.2, 0.25) is 0 Å². The van der Waals surface area contributed by atoms with Gasteiger partial charge < -0.3 is 14.6 Å². The molecule has 0 fully saturated rings. The van der Waals surface area contributed by atoms with Gasteiger partial charge in [-0.1, -0.05) is 36.7 Å². The third-order valence-corrected chi connectivity index (χ3v) is 7.65. The fraction of sp³-hybridized carbons (Fsp3) is 0.360. The number of hydrogen-bond donors (Lipinski definition) is 1. The lowest BCUT2D eigenvalue weighted by atomic mass is 10.1. The molecule has 9 heteroatoms. The van der Waals surface area contributed by atoms with E-state index >= 15 is 0 Å². The highest BCUT2D eigenvalue weighted by molar-refractivity contribution is 7.89. The molecule has 8 nitrogen and oxygen atoms in total. The molecule has 34 heavy (non-hydrogen) atoms. The minimum atomic E-state index is -3.71. The number of sulfonamides is 1. The molecule has 0 aliphatic rings. The summed E-state index contributed by atoms with van der Waals surface area (Å²) in [4.78, 5) is 12.9. The Morgan fingerprint density at radius 3 is 2.32 bits per heavy atom. The predicted molar refractivity (Wildman–Crippen MR) is 131 cm³/mol. The standard InChI is InChI=1S/C25H31N3O5S/c1-6-28(7-2)34(30,31)21-12-14-24(32-20-10-8-17(3)9-11-20)23(16-21)26-25(29)15-13-22-18(4)27-33-19(22)5/h8-12,14,16H,6-7,13,15H2,1-5H3,(H,26,29). The number of amides is 1. The smallest absolute Gasteiger partial charge is 0.243 e. The molecule has 1 N–H and O–H groups in total. The van der Waals surface area contributed by atoms with Crippen molar-refractivity contribution in [2.45, 2.75) is 52.4 Å². The molecular formula is C25H31N3O5S. The first-order valence-electron chi connectivity index (χ1n) is 11.3. The van der Waals surface area contributed by atoms with Crippen molar-refractivity contribution >= 4 is 21.6 Å². The second-order valence-corrected chi connectivity index (χ2v) is 9.95. The van der Waals surface area contributed by atoms with Gasteiger partial charge in [-0.25, -0.2) is 8.42 Å². The molecular weight excluding hydrogens is 454 g/mol. The normalized spacial score (nSPS) is 11.6. The molecule has 0 spiro atoms. The molecule has 3 aromatic rings. The molecule has 0 saturated heterocycles. The summed E-state index contributed by atoms with van der Waals surface area (Å²) in [5, 5.41) is 6.75. The van der Waals surface area contributed by atoms with Crippen molar-refractivity contribution in [3.8, 4) is 11.5 Å². The van der Waals surface area contributed by atoms with Gasteiger partial charge in [-0.15, -0.1) is 0 Å². The second kappa shape index (κ2) is 10.8. The Morgan fingerprint density at radius 2 is 1.74 bits per heavy atom. The van der Waals surface area contributed by atoms with Gasteiger partial charge in [0.1, 0.15) is 11.5 Å². The minimum Gasteiger partial charge on any atom is -0.455 e. The molecule has 1 amide bonds. The third kappa shape index (κ3) is 5.84. The van der Waals surface area contributed by atoms with Crippen LogP contribution in [0, 0.1) is 20.8 Å². The van der Waals surface area contributed by atoms with Crippen LogP contribution < -0.4 is 10.1 Å². The highest BCUT2D eigenvalue weighted by atomic mass is 32.2. The summed E-state index contributed by atoms with van der Waals surface area (Å²) >= 11 is 0. The average Bonchev–Trinajstić information content (AvgIpc) is 3.12. The van der Waals surface area contributed by atoms with E-state index in [1.807, 2.05) is 45.0 Å². The van der Waals surface area contributed by atoms with E-state index < -0.39 is 10.0 Å². The first kappa shape index (κ1) is 25.5. The summed E-state index contributed by atoms with van der Waals surface area (Å²) in [7, 11) is -3.71. The Bertz CT molecular complexity index is 1230. The summed E-state index contributed by atoms with van der Waals surface area (Å²) in [6, 6.07) is 12.0. The van der Waals surface area contributed by atoms with E-state index in [-0.39, 0.29) is 22.9 Å². The summed E-state index contributed by atoms with van der Waals surface area (Å²) in [5.74, 6) is 1.34. The Labute approximate surface area is 201 Å². The number of benzene rings is 2. The first-order chi connectivity index (χ1) is 16.1. The molecule has 0 aliphatic heterocycles. The molecule has 0 unspecified atom stereocenters. The van der Waals surface area contributed by atoms with E-state index in [0.29, 0.717) is 36.8 Å². The lowest BCUT2D eigenvalue weighted by molar-refractivity contribution is -0.116. The quantitative estimate of drug-likeness (QED) is 0.434. The number of ether oxygens (including phenoxy) is 1. The second-order valence-electron chi connectivity index (χ2n) is 8.01. The van der Waals surface area contributed by atoms with E-state index in [1.165, 1.54) is 16.4 Å². The van der Waals surface area contributed by atoms with Crippen LogP contribution in [0.1, 0.15) is 42.8 Å². The molecule has 0 bridgehead atoms. The number of nitrogens with zero attached hydrogens (tertiary/aromatic N) is 2. The molecule has 3 rings (SSSR count). The van der Waals surface area contributed by atoms with E-state index in [0.717, 1.165) is 16.8 Å². The van der Waals surface area contributed by atoms with Crippen LogP contribution in [0.25, 0.3) is 0 Å². The van der Waals surface area contributed by atoms with Gasteiger partial charge in [0.15, 0.2) is 5.75 Å². The van der Waals surface area contributed by atoms with Crippen LogP contribution in [0.5, 0.6) is 11.5 Å². The van der Waals surface area contributed by atoms with Gasteiger partial charge in [-0.05, 0) is 57.5 Å². The van der Waals surface area contributed by atoms with E-state index in [2.05, 4.69) is 10.5 Å². The summed E-state index contributed by atoms with van der Waals surface area (Å²) in [6.07, 6.45) is 0.637. The molecule has 1 heterocycles. The van der Waals surface area contributed by atoms with Gasteiger partial charge >= 0.3 is 0 Å². The topological polar surface area (TPSA) is 102 Å². The van der Waals surface area contributed by atoms with Gasteiger partial charge in [0.05, 0.1) is 16.3 Å². The van der Waals surface area contributed by atoms with Gasteiger partial charge in [0.25, 0.3) is 0 Å². The van der Waals surface area contributed by atoms with Gasteiger partial charge in [0, 0.05) is 25.1 Å². The monoisotopic (exact) mass is 485 g/mol. The number of carbonyl (C=O) groups is 1. The van der Waals surface area contributed by atoms with Crippen LogP contribution in [-0.4, -0.2) is 36.9 Å². The van der Waals surface area contributed by atoms with Crippen LogP contribution in [0.3, 0.4) is 0 Å². The maximum Gasteiger partial charge on any atom is 0.243 e. The lowest BCUT2D eigenvalue weighted by Crippen LogP contribution is -2.30. The largest absolute Gasteiger partial charge is 0.455 e. The number of aryl methyl sites for hydroxylation is 3. The Balaban J connectivity index is 1.89. The van der Waals surface area contributed by atoms with Crippen molar-refractivity contribution in [2.24, 2.45) is 0 Å². The fourth-order valence-corrected chi connectivity index (χ4v) is 5.10. The van der Waals surface area contributed by atoms with Crippen molar-refractivity contribution < 1.29 is 22.5 Å². The Hall–Kier alpha value is -3.17. The van der Waals surface area contributed by atoms with Crippen LogP contribution in [-0.2, 0) is 21.2 Å². The molecule has 0 saturated carbocycles. The molecule has 182 valence electrons. The molecule has 1 aromatic heterocycles. The average molecular weight is 486 g/mol. The van der Waals surface area contributed by atoms with E-state index in [4.69, 9.17) is 9.26 Å². The SMILES string of the molecule is CCN(CC)S(=O)(=O)c1ccc(Oc2ccc(C)cc2)c(NC(=O)CCc2c(C)noc2C)c1. The zero-order chi connectivity index (χ0) is 24.9. The number of rotatable bonds is 10. The number of hydrogen-bond acceptors (Lipinski definition) is 6. The van der Waals surface area contributed by atoms with E-state index in [9.17, 15) is 13.2 Å². The fourth-order valence-electron chi connectivity index (χ4n) is 3.61. The molecule has 2 aromatic carbocycles. The van der Waals surface area contributed by atoms with E-state index in [1.54, 1.807) is 19.9 Å². The number of aromatic nitrogens is 1. The van der Waals surface area contributed by atoms with Crippen molar-refractivity contribution in [3.05, 3.63) is 65.0 Å². The van der Waals surface area contributed by atoms with Crippen LogP contribution >= 0.6 is 0 Å². The summed E-state index contributed by atoms with van der Waals surface area (Å²) in [6.45, 7) is 9.88. The highest BCUT2D eigenvalue weighted by Crippen LogP contribution is 2.33. The van der Waals surface area contributed by atoms with Gasteiger partial charge in [-0.2, -0.15) is 4.31 Å². The zero-order valence-electron chi connectivity index (χ0n) is 20.2. The third-order valence-electron chi connectivity index (χ3n) is 5.60. The number of anilines is 1. The van der Waals surface area contributed by atoms with Crippen LogP contribution in [0.4, 0.5) is 5.69 Å². The Kier molecular flexibility index (Phi) is 8.11. The number of nitrogens with one attached hydrogen (secondary N) is 1. The molecule has 0 atom stereocenters. The zero-order valence-corrected chi connectivity index (χ0v) is 21.0. The summed E-state index contributed by atoms with van der Waals surface area (Å²) < 4.78 is 38.6. The van der Waals surface area contributed by atoms with Crippen molar-refractivity contribution in [1.82, 2.24) is 9.46 Å². The minimum absolute atomic E-state index is 0.0912. The maximum atomic E-state index is 13.1. The number of carbonyl (C=O) groups excluding carboxylic acids is 1. The molecule has 0 aliphatic carbocycles. The highest BCUT2D eigenvalue weighted by Gasteiger charge is 2.24. The predicted octanol–water partition coefficient (Wildman–Crippen LogP) is 4.99. The lowest BCUT2D eigenvalue weighted by Gasteiger charge is -2.20. The van der Waals surface area contributed by atoms with Crippen LogP contribution in [0.15, 0.2) is 51.9 Å². The summed E-state index contributed by atoms with van der Waals surface area (Å²) in [5.41, 5.74) is 3.02. The Morgan fingerprint density at radius 1 is 1.06 bits per heavy atom. The van der Waals surface area contributed by atoms with Crippen molar-refractivity contribution in [3.63, 3.8) is 0 Å². The van der Waals surface area contributed by atoms with Crippen molar-refractivity contribution in [1.29, 1.82) is 0 Å².